The number of hydrogen-bond acceptors (Lipinski definition) is 2. The lowest BCUT2D eigenvalue weighted by Gasteiger charge is -1.94. The molecule has 2 nitrogen and oxygen atoms in total. The van der Waals surface area contributed by atoms with E-state index < -0.39 is 0 Å². The lowest BCUT2D eigenvalue weighted by Crippen LogP contribution is -1.98. The van der Waals surface area contributed by atoms with E-state index in [4.69, 9.17) is 11.2 Å². The van der Waals surface area contributed by atoms with Gasteiger partial charge in [-0.25, -0.2) is 4.79 Å². The molecule has 0 spiro atoms. The van der Waals surface area contributed by atoms with Gasteiger partial charge in [-0.15, -0.1) is 24.2 Å². The molecule has 0 N–H and O–H groups in total. The molecule has 0 atom stereocenters. The number of terminal acetylenes is 1. The fourth-order valence-electron chi connectivity index (χ4n) is 1.30. The molecule has 0 aliphatic carbocycles. The van der Waals surface area contributed by atoms with Crippen LogP contribution in [0, 0.1) is 24.2 Å². The van der Waals surface area contributed by atoms with E-state index in [9.17, 15) is 4.79 Å². The van der Waals surface area contributed by atoms with Crippen molar-refractivity contribution in [3.63, 3.8) is 0 Å². The quantitative estimate of drug-likeness (QED) is 0.284. The largest absolute Gasteiger partial charge is 0.463 e. The van der Waals surface area contributed by atoms with Gasteiger partial charge in [-0.1, -0.05) is 6.08 Å². The number of hydrogen-bond donors (Lipinski definition) is 0. The third-order valence-corrected chi connectivity index (χ3v) is 2.21. The Bertz CT molecular complexity index is 336. The fraction of sp³-hybridized carbons (Fsp3) is 0.562. The van der Waals surface area contributed by atoms with Crippen LogP contribution < -0.4 is 0 Å². The molecule has 0 aliphatic rings. The molecule has 0 aromatic heterocycles. The summed E-state index contributed by atoms with van der Waals surface area (Å²) in [6, 6.07) is 0. The average molecular weight is 246 g/mol. The first-order valence-corrected chi connectivity index (χ1v) is 6.53. The van der Waals surface area contributed by atoms with E-state index in [1.54, 1.807) is 6.92 Å². The molecule has 18 heavy (non-hydrogen) atoms. The van der Waals surface area contributed by atoms with E-state index in [0.717, 1.165) is 44.9 Å². The summed E-state index contributed by atoms with van der Waals surface area (Å²) in [7, 11) is 0. The fourth-order valence-corrected chi connectivity index (χ4v) is 1.30. The van der Waals surface area contributed by atoms with Crippen molar-refractivity contribution in [3.8, 4) is 24.2 Å². The summed E-state index contributed by atoms with van der Waals surface area (Å²) in [5.74, 6) is 8.60. The number of esters is 1. The second-order valence-corrected chi connectivity index (χ2v) is 3.81. The van der Waals surface area contributed by atoms with Crippen molar-refractivity contribution in [1.29, 1.82) is 0 Å². The van der Waals surface area contributed by atoms with Gasteiger partial charge in [0.15, 0.2) is 0 Å². The first-order valence-electron chi connectivity index (χ1n) is 6.53. The SMILES string of the molecule is C#CCCCCC#CCCC/C=C/C(=O)OCC. The van der Waals surface area contributed by atoms with Crippen LogP contribution in [0.15, 0.2) is 12.2 Å². The van der Waals surface area contributed by atoms with Crippen molar-refractivity contribution in [1.82, 2.24) is 0 Å². The van der Waals surface area contributed by atoms with Crippen molar-refractivity contribution >= 4 is 5.97 Å². The van der Waals surface area contributed by atoms with Crippen LogP contribution in [0.5, 0.6) is 0 Å². The molecule has 2 heteroatoms. The molecular weight excluding hydrogens is 224 g/mol. The molecule has 0 saturated carbocycles. The Morgan fingerprint density at radius 3 is 2.50 bits per heavy atom. The monoisotopic (exact) mass is 246 g/mol. The molecule has 0 amide bonds. The number of carbonyl (C=O) groups excluding carboxylic acids is 1. The summed E-state index contributed by atoms with van der Waals surface area (Å²) in [5.41, 5.74) is 0. The summed E-state index contributed by atoms with van der Waals surface area (Å²) < 4.78 is 4.77. The van der Waals surface area contributed by atoms with E-state index in [-0.39, 0.29) is 5.97 Å². The lowest BCUT2D eigenvalue weighted by atomic mass is 10.2. The van der Waals surface area contributed by atoms with Crippen LogP contribution in [0.1, 0.15) is 51.9 Å². The van der Waals surface area contributed by atoms with Crippen molar-refractivity contribution in [2.45, 2.75) is 51.9 Å². The Kier molecular flexibility index (Phi) is 12.2. The Balaban J connectivity index is 3.37. The zero-order valence-corrected chi connectivity index (χ0v) is 11.2. The minimum atomic E-state index is -0.267. The smallest absolute Gasteiger partial charge is 0.330 e. The standard InChI is InChI=1S/C16H22O2/c1-3-5-6-7-8-9-10-11-12-13-14-15-16(17)18-4-2/h1,14-15H,4-8,11-13H2,2H3/b15-14+. The van der Waals surface area contributed by atoms with E-state index in [1.807, 2.05) is 6.08 Å². The lowest BCUT2D eigenvalue weighted by molar-refractivity contribution is -0.137. The number of ether oxygens (including phenoxy) is 1. The molecule has 0 radical (unpaired) electrons. The van der Waals surface area contributed by atoms with Crippen LogP contribution in [-0.4, -0.2) is 12.6 Å². The molecule has 0 rings (SSSR count). The van der Waals surface area contributed by atoms with Gasteiger partial charge in [0.05, 0.1) is 6.61 Å². The Labute approximate surface area is 111 Å². The number of unbranched alkanes of at least 4 members (excludes halogenated alkanes) is 5. The van der Waals surface area contributed by atoms with Gasteiger partial charge < -0.3 is 4.74 Å². The molecule has 0 bridgehead atoms. The van der Waals surface area contributed by atoms with Crippen LogP contribution in [0.2, 0.25) is 0 Å². The Morgan fingerprint density at radius 2 is 1.83 bits per heavy atom. The highest BCUT2D eigenvalue weighted by Crippen LogP contribution is 1.99. The molecule has 0 fully saturated rings. The second kappa shape index (κ2) is 13.4. The van der Waals surface area contributed by atoms with E-state index >= 15 is 0 Å². The zero-order valence-electron chi connectivity index (χ0n) is 11.2. The van der Waals surface area contributed by atoms with Gasteiger partial charge in [0.1, 0.15) is 0 Å². The summed E-state index contributed by atoms with van der Waals surface area (Å²) in [6.07, 6.45) is 15.1. The van der Waals surface area contributed by atoms with Gasteiger partial charge >= 0.3 is 5.97 Å². The van der Waals surface area contributed by atoms with Crippen LogP contribution in [0.3, 0.4) is 0 Å². The number of rotatable bonds is 8. The third kappa shape index (κ3) is 12.4. The molecule has 0 aromatic carbocycles. The van der Waals surface area contributed by atoms with E-state index in [0.29, 0.717) is 6.61 Å². The molecule has 0 saturated heterocycles. The molecule has 98 valence electrons. The van der Waals surface area contributed by atoms with E-state index in [2.05, 4.69) is 17.8 Å². The third-order valence-electron chi connectivity index (χ3n) is 2.21. The van der Waals surface area contributed by atoms with Crippen LogP contribution >= 0.6 is 0 Å². The second-order valence-electron chi connectivity index (χ2n) is 3.81. The van der Waals surface area contributed by atoms with Crippen LogP contribution in [0.25, 0.3) is 0 Å². The maximum atomic E-state index is 11.0. The minimum Gasteiger partial charge on any atom is -0.463 e. The highest BCUT2D eigenvalue weighted by molar-refractivity contribution is 5.81. The molecular formula is C16H22O2. The van der Waals surface area contributed by atoms with Gasteiger partial charge in [0.25, 0.3) is 0 Å². The van der Waals surface area contributed by atoms with Crippen molar-refractivity contribution in [2.24, 2.45) is 0 Å². The van der Waals surface area contributed by atoms with Crippen molar-refractivity contribution < 1.29 is 9.53 Å². The first-order chi connectivity index (χ1) is 8.81. The first kappa shape index (κ1) is 16.3. The molecule has 0 aromatic rings. The summed E-state index contributed by atoms with van der Waals surface area (Å²) in [4.78, 5) is 11.0. The normalized spacial score (nSPS) is 9.56. The molecule has 0 heterocycles. The van der Waals surface area contributed by atoms with Gasteiger partial charge in [-0.2, -0.15) is 0 Å². The Morgan fingerprint density at radius 1 is 1.17 bits per heavy atom. The van der Waals surface area contributed by atoms with Crippen molar-refractivity contribution in [2.75, 3.05) is 6.61 Å². The molecule has 0 aliphatic heterocycles. The van der Waals surface area contributed by atoms with Gasteiger partial charge in [0, 0.05) is 25.3 Å². The minimum absolute atomic E-state index is 0.267. The zero-order chi connectivity index (χ0) is 13.5. The summed E-state index contributed by atoms with van der Waals surface area (Å²) in [6.45, 7) is 2.22. The topological polar surface area (TPSA) is 26.3 Å². The molecule has 0 unspecified atom stereocenters. The maximum absolute atomic E-state index is 11.0. The Hall–Kier alpha value is -1.67. The summed E-state index contributed by atoms with van der Waals surface area (Å²) in [5, 5.41) is 0. The average Bonchev–Trinajstić information content (AvgIpc) is 2.36. The van der Waals surface area contributed by atoms with Crippen LogP contribution in [-0.2, 0) is 9.53 Å². The number of carbonyl (C=O) groups is 1. The van der Waals surface area contributed by atoms with Gasteiger partial charge in [-0.3, -0.25) is 0 Å². The number of allylic oxidation sites excluding steroid dienone is 1. The van der Waals surface area contributed by atoms with Crippen LogP contribution in [0.4, 0.5) is 0 Å². The van der Waals surface area contributed by atoms with Gasteiger partial charge in [-0.05, 0) is 32.6 Å². The van der Waals surface area contributed by atoms with E-state index in [1.165, 1.54) is 6.08 Å². The highest BCUT2D eigenvalue weighted by atomic mass is 16.5. The maximum Gasteiger partial charge on any atom is 0.330 e. The predicted octanol–water partition coefficient (Wildman–Crippen LogP) is 3.47. The highest BCUT2D eigenvalue weighted by Gasteiger charge is 1.91. The predicted molar refractivity (Wildman–Crippen MR) is 74.7 cm³/mol. The van der Waals surface area contributed by atoms with Gasteiger partial charge in [0.2, 0.25) is 0 Å². The summed E-state index contributed by atoms with van der Waals surface area (Å²) >= 11 is 0. The van der Waals surface area contributed by atoms with Crippen molar-refractivity contribution in [3.05, 3.63) is 12.2 Å².